The molecule has 0 amide bonds. The Morgan fingerprint density at radius 1 is 1.22 bits per heavy atom. The first-order chi connectivity index (χ1) is 8.46. The van der Waals surface area contributed by atoms with Crippen molar-refractivity contribution in [1.29, 1.82) is 0 Å². The number of benzene rings is 1. The Morgan fingerprint density at radius 2 is 2.00 bits per heavy atom. The molecular weight excluding hydrogens is 339 g/mol. The normalized spacial score (nSPS) is 11.7. The molecule has 0 radical (unpaired) electrons. The van der Waals surface area contributed by atoms with Crippen LogP contribution in [0.3, 0.4) is 0 Å². The van der Waals surface area contributed by atoms with Crippen LogP contribution in [-0.2, 0) is 21.3 Å². The van der Waals surface area contributed by atoms with E-state index in [4.69, 9.17) is 0 Å². The number of hydrogen-bond donors (Lipinski definition) is 0. The van der Waals surface area contributed by atoms with Gasteiger partial charge in [0.1, 0.15) is 5.82 Å². The largest absolute Gasteiger partial charge is 0.228 e. The van der Waals surface area contributed by atoms with E-state index in [1.54, 1.807) is 18.2 Å². The molecule has 0 unspecified atom stereocenters. The minimum atomic E-state index is -3.35. The van der Waals surface area contributed by atoms with Crippen molar-refractivity contribution in [2.45, 2.75) is 11.5 Å². The second kappa shape index (κ2) is 5.50. The van der Waals surface area contributed by atoms with Crippen molar-refractivity contribution >= 4 is 37.1 Å². The summed E-state index contributed by atoms with van der Waals surface area (Å²) in [6.45, 7) is 0. The lowest BCUT2D eigenvalue weighted by Gasteiger charge is -2.04. The standard InChI is InChI=1S/C12H10BrFO2S2/c13-11-3-1-2-9(4-11)7-18(15,16)8-10-5-17-6-12(10)14/h1-6H,7-8H2. The molecule has 0 spiro atoms. The highest BCUT2D eigenvalue weighted by Crippen LogP contribution is 2.19. The first-order valence-electron chi connectivity index (χ1n) is 5.12. The second-order valence-corrected chi connectivity index (χ2v) is 7.63. The highest BCUT2D eigenvalue weighted by Gasteiger charge is 2.16. The number of hydrogen-bond acceptors (Lipinski definition) is 3. The Balaban J connectivity index is 2.15. The van der Waals surface area contributed by atoms with Gasteiger partial charge >= 0.3 is 0 Å². The van der Waals surface area contributed by atoms with Gasteiger partial charge in [0.25, 0.3) is 0 Å². The van der Waals surface area contributed by atoms with Crippen molar-refractivity contribution in [3.63, 3.8) is 0 Å². The predicted octanol–water partition coefficient (Wildman–Crippen LogP) is 3.76. The maximum absolute atomic E-state index is 13.2. The van der Waals surface area contributed by atoms with Crippen LogP contribution in [0.4, 0.5) is 4.39 Å². The zero-order chi connectivity index (χ0) is 13.2. The van der Waals surface area contributed by atoms with Gasteiger partial charge in [-0.25, -0.2) is 12.8 Å². The Hall–Kier alpha value is -0.720. The van der Waals surface area contributed by atoms with Gasteiger partial charge in [-0.3, -0.25) is 0 Å². The molecule has 0 aliphatic rings. The third-order valence-corrected chi connectivity index (χ3v) is 5.12. The molecule has 2 aromatic rings. The summed E-state index contributed by atoms with van der Waals surface area (Å²) >= 11 is 4.46. The van der Waals surface area contributed by atoms with E-state index in [0.29, 0.717) is 5.56 Å². The van der Waals surface area contributed by atoms with Crippen LogP contribution in [0.2, 0.25) is 0 Å². The molecule has 6 heteroatoms. The fraction of sp³-hybridized carbons (Fsp3) is 0.167. The maximum Gasteiger partial charge on any atom is 0.158 e. The average molecular weight is 349 g/mol. The fourth-order valence-electron chi connectivity index (χ4n) is 1.58. The Bertz CT molecular complexity index is 650. The van der Waals surface area contributed by atoms with E-state index in [0.717, 1.165) is 4.47 Å². The van der Waals surface area contributed by atoms with Gasteiger partial charge in [-0.2, -0.15) is 0 Å². The first kappa shape index (κ1) is 13.7. The monoisotopic (exact) mass is 348 g/mol. The van der Waals surface area contributed by atoms with Crippen molar-refractivity contribution in [2.24, 2.45) is 0 Å². The lowest BCUT2D eigenvalue weighted by molar-refractivity contribution is 0.588. The molecule has 0 bridgehead atoms. The van der Waals surface area contributed by atoms with Crippen molar-refractivity contribution in [2.75, 3.05) is 0 Å². The van der Waals surface area contributed by atoms with Gasteiger partial charge < -0.3 is 0 Å². The van der Waals surface area contributed by atoms with Crippen molar-refractivity contribution < 1.29 is 12.8 Å². The minimum absolute atomic E-state index is 0.0816. The summed E-state index contributed by atoms with van der Waals surface area (Å²) in [4.78, 5) is 0. The molecule has 0 N–H and O–H groups in total. The number of halogens is 2. The molecule has 0 aliphatic heterocycles. The average Bonchev–Trinajstić information content (AvgIpc) is 2.62. The Morgan fingerprint density at radius 3 is 2.61 bits per heavy atom. The quantitative estimate of drug-likeness (QED) is 0.842. The van der Waals surface area contributed by atoms with E-state index in [1.807, 2.05) is 6.07 Å². The number of rotatable bonds is 4. The first-order valence-corrected chi connectivity index (χ1v) is 8.67. The lowest BCUT2D eigenvalue weighted by Crippen LogP contribution is -2.08. The molecule has 2 rings (SSSR count). The van der Waals surface area contributed by atoms with Gasteiger partial charge in [0.2, 0.25) is 0 Å². The molecule has 0 fully saturated rings. The molecule has 96 valence electrons. The molecule has 0 saturated carbocycles. The van der Waals surface area contributed by atoms with E-state index < -0.39 is 15.7 Å². The van der Waals surface area contributed by atoms with Crippen LogP contribution in [0.5, 0.6) is 0 Å². The summed E-state index contributed by atoms with van der Waals surface area (Å²) < 4.78 is 38.0. The van der Waals surface area contributed by atoms with E-state index >= 15 is 0 Å². The summed E-state index contributed by atoms with van der Waals surface area (Å²) in [5.74, 6) is -0.783. The summed E-state index contributed by atoms with van der Waals surface area (Å²) in [6, 6.07) is 7.10. The fourth-order valence-corrected chi connectivity index (χ4v) is 4.32. The molecule has 0 atom stereocenters. The summed E-state index contributed by atoms with van der Waals surface area (Å²) in [5, 5.41) is 2.84. The lowest BCUT2D eigenvalue weighted by atomic mass is 10.2. The molecule has 2 nitrogen and oxygen atoms in total. The third kappa shape index (κ3) is 3.63. The number of thiophene rings is 1. The van der Waals surface area contributed by atoms with Gasteiger partial charge in [0, 0.05) is 15.4 Å². The van der Waals surface area contributed by atoms with E-state index in [-0.39, 0.29) is 17.1 Å². The van der Waals surface area contributed by atoms with Gasteiger partial charge in [-0.1, -0.05) is 28.1 Å². The second-order valence-electron chi connectivity index (χ2n) is 3.91. The van der Waals surface area contributed by atoms with Gasteiger partial charge in [0.15, 0.2) is 9.84 Å². The van der Waals surface area contributed by atoms with Crippen LogP contribution in [0.1, 0.15) is 11.1 Å². The van der Waals surface area contributed by atoms with Gasteiger partial charge in [0.05, 0.1) is 11.5 Å². The highest BCUT2D eigenvalue weighted by molar-refractivity contribution is 9.10. The summed E-state index contributed by atoms with van der Waals surface area (Å²) in [6.07, 6.45) is 0. The Labute approximate surface area is 118 Å². The highest BCUT2D eigenvalue weighted by atomic mass is 79.9. The molecule has 0 saturated heterocycles. The SMILES string of the molecule is O=S(=O)(Cc1cccc(Br)c1)Cc1cscc1F. The molecule has 18 heavy (non-hydrogen) atoms. The topological polar surface area (TPSA) is 34.1 Å². The molecular formula is C12H10BrFO2S2. The van der Waals surface area contributed by atoms with Crippen LogP contribution in [0, 0.1) is 5.82 Å². The van der Waals surface area contributed by atoms with E-state index in [2.05, 4.69) is 15.9 Å². The van der Waals surface area contributed by atoms with Crippen molar-refractivity contribution in [3.8, 4) is 0 Å². The molecule has 0 aliphatic carbocycles. The molecule has 1 heterocycles. The molecule has 1 aromatic carbocycles. The van der Waals surface area contributed by atoms with E-state index in [9.17, 15) is 12.8 Å². The number of sulfone groups is 1. The Kier molecular flexibility index (Phi) is 4.19. The van der Waals surface area contributed by atoms with Crippen molar-refractivity contribution in [3.05, 3.63) is 56.4 Å². The summed E-state index contributed by atoms with van der Waals surface area (Å²) in [7, 11) is -3.35. The van der Waals surface area contributed by atoms with Crippen LogP contribution in [-0.4, -0.2) is 8.42 Å². The van der Waals surface area contributed by atoms with Gasteiger partial charge in [-0.15, -0.1) is 11.3 Å². The van der Waals surface area contributed by atoms with Crippen LogP contribution >= 0.6 is 27.3 Å². The van der Waals surface area contributed by atoms with Gasteiger partial charge in [-0.05, 0) is 23.1 Å². The minimum Gasteiger partial charge on any atom is -0.228 e. The maximum atomic E-state index is 13.2. The predicted molar refractivity (Wildman–Crippen MR) is 74.7 cm³/mol. The summed E-state index contributed by atoms with van der Waals surface area (Å²) in [5.41, 5.74) is 0.940. The smallest absolute Gasteiger partial charge is 0.158 e. The van der Waals surface area contributed by atoms with Crippen LogP contribution < -0.4 is 0 Å². The van der Waals surface area contributed by atoms with Crippen molar-refractivity contribution in [1.82, 2.24) is 0 Å². The third-order valence-electron chi connectivity index (χ3n) is 2.34. The van der Waals surface area contributed by atoms with Crippen LogP contribution in [0.25, 0.3) is 0 Å². The van der Waals surface area contributed by atoms with Crippen LogP contribution in [0.15, 0.2) is 39.5 Å². The zero-order valence-corrected chi connectivity index (χ0v) is 12.5. The zero-order valence-electron chi connectivity index (χ0n) is 9.27. The van der Waals surface area contributed by atoms with E-state index in [1.165, 1.54) is 22.1 Å². The molecule has 1 aromatic heterocycles.